The smallest absolute Gasteiger partial charge is 0.333 e. The maximum Gasteiger partial charge on any atom is 0.333 e. The number of para-hydroxylation sites is 1. The number of rotatable bonds is 4. The van der Waals surface area contributed by atoms with Gasteiger partial charge in [0.1, 0.15) is 0 Å². The molecule has 2 aromatic heterocycles. The lowest BCUT2D eigenvalue weighted by Crippen LogP contribution is -2.20. The zero-order valence-electron chi connectivity index (χ0n) is 14.9. The third kappa shape index (κ3) is 2.34. The molecule has 0 amide bonds. The zero-order chi connectivity index (χ0) is 18.3. The number of imidazole rings is 1. The fraction of sp³-hybridized carbons (Fsp3) is 0.200. The fourth-order valence-corrected chi connectivity index (χ4v) is 3.26. The Morgan fingerprint density at radius 2 is 1.92 bits per heavy atom. The molecule has 0 bridgehead atoms. The molecule has 0 N–H and O–H groups in total. The van der Waals surface area contributed by atoms with E-state index in [-0.39, 0.29) is 5.69 Å². The molecule has 2 heterocycles. The number of hydrogen-bond donors (Lipinski definition) is 0. The van der Waals surface area contributed by atoms with Crippen molar-refractivity contribution in [1.29, 1.82) is 0 Å². The molecule has 26 heavy (non-hydrogen) atoms. The zero-order valence-corrected chi connectivity index (χ0v) is 14.9. The predicted molar refractivity (Wildman–Crippen MR) is 102 cm³/mol. The Balaban J connectivity index is 2.09. The summed E-state index contributed by atoms with van der Waals surface area (Å²) in [5.74, 6) is 1.24. The van der Waals surface area contributed by atoms with Crippen molar-refractivity contribution in [3.63, 3.8) is 0 Å². The van der Waals surface area contributed by atoms with Gasteiger partial charge in [0.25, 0.3) is 0 Å². The van der Waals surface area contributed by atoms with E-state index in [1.807, 2.05) is 49.4 Å². The van der Waals surface area contributed by atoms with Crippen molar-refractivity contribution in [2.75, 3.05) is 13.7 Å². The van der Waals surface area contributed by atoms with Crippen LogP contribution in [0.1, 0.15) is 6.92 Å². The first-order valence-electron chi connectivity index (χ1n) is 8.42. The molecule has 6 heteroatoms. The predicted octanol–water partition coefficient (Wildman–Crippen LogP) is 3.28. The van der Waals surface area contributed by atoms with Gasteiger partial charge in [0.2, 0.25) is 0 Å². The Bertz CT molecular complexity index is 1170. The molecule has 6 nitrogen and oxygen atoms in total. The number of aromatic nitrogens is 3. The summed E-state index contributed by atoms with van der Waals surface area (Å²) in [6.45, 7) is 2.42. The molecule has 0 atom stereocenters. The molecule has 0 fully saturated rings. The minimum Gasteiger partial charge on any atom is -0.493 e. The normalized spacial score (nSPS) is 11.2. The second kappa shape index (κ2) is 6.22. The van der Waals surface area contributed by atoms with Crippen molar-refractivity contribution in [2.24, 2.45) is 7.05 Å². The second-order valence-electron chi connectivity index (χ2n) is 5.95. The Hall–Kier alpha value is -3.28. The van der Waals surface area contributed by atoms with Gasteiger partial charge in [-0.05, 0) is 25.1 Å². The second-order valence-corrected chi connectivity index (χ2v) is 5.95. The number of aryl methyl sites for hydroxylation is 1. The number of methoxy groups -OCH3 is 1. The largest absolute Gasteiger partial charge is 0.493 e. The lowest BCUT2D eigenvalue weighted by molar-refractivity contribution is 0.311. The highest BCUT2D eigenvalue weighted by Gasteiger charge is 2.17. The maximum atomic E-state index is 13.0. The first-order valence-corrected chi connectivity index (χ1v) is 8.42. The summed E-state index contributed by atoms with van der Waals surface area (Å²) < 4.78 is 14.3. The molecular weight excluding hydrogens is 330 g/mol. The molecule has 4 rings (SSSR count). The number of benzene rings is 2. The maximum absolute atomic E-state index is 13.0. The molecule has 0 unspecified atom stereocenters. The van der Waals surface area contributed by atoms with Crippen molar-refractivity contribution in [3.05, 3.63) is 59.1 Å². The van der Waals surface area contributed by atoms with E-state index in [1.165, 1.54) is 0 Å². The number of pyridine rings is 1. The average molecular weight is 349 g/mol. The van der Waals surface area contributed by atoms with Crippen LogP contribution in [0.15, 0.2) is 53.5 Å². The number of ether oxygens (including phenoxy) is 2. The first-order chi connectivity index (χ1) is 12.7. The third-order valence-electron chi connectivity index (χ3n) is 4.50. The van der Waals surface area contributed by atoms with E-state index in [0.29, 0.717) is 18.1 Å². The summed E-state index contributed by atoms with van der Waals surface area (Å²) >= 11 is 0. The lowest BCUT2D eigenvalue weighted by Gasteiger charge is -2.12. The van der Waals surface area contributed by atoms with Crippen molar-refractivity contribution in [1.82, 2.24) is 14.1 Å². The van der Waals surface area contributed by atoms with Crippen LogP contribution in [0.2, 0.25) is 0 Å². The first kappa shape index (κ1) is 16.2. The van der Waals surface area contributed by atoms with Crippen molar-refractivity contribution in [2.45, 2.75) is 6.92 Å². The van der Waals surface area contributed by atoms with Crippen LogP contribution in [0.3, 0.4) is 0 Å². The average Bonchev–Trinajstić information content (AvgIpc) is 2.93. The number of fused-ring (bicyclic) bond motifs is 3. The Kier molecular flexibility index (Phi) is 3.88. The van der Waals surface area contributed by atoms with E-state index in [0.717, 1.165) is 27.6 Å². The summed E-state index contributed by atoms with van der Waals surface area (Å²) in [4.78, 5) is 17.5. The summed E-state index contributed by atoms with van der Waals surface area (Å²) in [7, 11) is 3.35. The molecule has 0 aliphatic heterocycles. The molecule has 0 radical (unpaired) electrons. The molecular formula is C20H19N3O3. The van der Waals surface area contributed by atoms with E-state index >= 15 is 0 Å². The molecule has 0 saturated heterocycles. The molecule has 132 valence electrons. The highest BCUT2D eigenvalue weighted by Crippen LogP contribution is 2.31. The van der Waals surface area contributed by atoms with E-state index < -0.39 is 0 Å². The molecule has 2 aromatic carbocycles. The number of hydrogen-bond acceptors (Lipinski definition) is 4. The van der Waals surface area contributed by atoms with Gasteiger partial charge < -0.3 is 9.47 Å². The Morgan fingerprint density at radius 3 is 2.69 bits per heavy atom. The highest BCUT2D eigenvalue weighted by molar-refractivity contribution is 6.03. The molecule has 0 spiro atoms. The molecule has 4 aromatic rings. The van der Waals surface area contributed by atoms with Crippen LogP contribution in [-0.2, 0) is 7.05 Å². The Morgan fingerprint density at radius 1 is 1.12 bits per heavy atom. The summed E-state index contributed by atoms with van der Waals surface area (Å²) in [6.07, 6.45) is 1.74. The van der Waals surface area contributed by atoms with Crippen LogP contribution in [0.25, 0.3) is 27.6 Å². The van der Waals surface area contributed by atoms with Crippen molar-refractivity contribution >= 4 is 21.9 Å². The van der Waals surface area contributed by atoms with Crippen LogP contribution in [0.5, 0.6) is 11.5 Å². The minimum atomic E-state index is -0.134. The topological polar surface area (TPSA) is 58.3 Å². The minimum absolute atomic E-state index is 0.134. The fourth-order valence-electron chi connectivity index (χ4n) is 3.26. The van der Waals surface area contributed by atoms with Crippen molar-refractivity contribution in [3.8, 4) is 17.2 Å². The number of nitrogens with zero attached hydrogens (tertiary/aromatic N) is 3. The standard InChI is InChI=1S/C20H19N3O3/c1-4-26-18-11-13(9-10-17(18)25-3)23-19-14-7-5-6-8-15(14)21-12-16(19)22(2)20(23)24/h5-12H,4H2,1-3H3. The van der Waals surface area contributed by atoms with Gasteiger partial charge >= 0.3 is 5.69 Å². The van der Waals surface area contributed by atoms with Crippen LogP contribution >= 0.6 is 0 Å². The monoisotopic (exact) mass is 349 g/mol. The third-order valence-corrected chi connectivity index (χ3v) is 4.50. The molecule has 0 aliphatic carbocycles. The van der Waals surface area contributed by atoms with Gasteiger partial charge in [-0.2, -0.15) is 0 Å². The van der Waals surface area contributed by atoms with E-state index in [1.54, 1.807) is 29.5 Å². The van der Waals surface area contributed by atoms with Crippen LogP contribution in [0, 0.1) is 0 Å². The highest BCUT2D eigenvalue weighted by atomic mass is 16.5. The quantitative estimate of drug-likeness (QED) is 0.567. The SMILES string of the molecule is CCOc1cc(-n2c(=O)n(C)c3cnc4ccccc4c32)ccc1OC. The van der Waals surface area contributed by atoms with Crippen LogP contribution in [-0.4, -0.2) is 27.8 Å². The van der Waals surface area contributed by atoms with E-state index in [9.17, 15) is 4.79 Å². The summed E-state index contributed by atoms with van der Waals surface area (Å²) in [6, 6.07) is 13.3. The van der Waals surface area contributed by atoms with Crippen LogP contribution < -0.4 is 15.2 Å². The molecule has 0 aliphatic rings. The lowest BCUT2D eigenvalue weighted by atomic mass is 10.2. The van der Waals surface area contributed by atoms with Gasteiger partial charge in [0, 0.05) is 18.5 Å². The molecule has 0 saturated carbocycles. The van der Waals surface area contributed by atoms with E-state index in [4.69, 9.17) is 9.47 Å². The summed E-state index contributed by atoms with van der Waals surface area (Å²) in [5.41, 5.74) is 3.04. The van der Waals surface area contributed by atoms with Crippen molar-refractivity contribution < 1.29 is 9.47 Å². The van der Waals surface area contributed by atoms with Gasteiger partial charge in [-0.15, -0.1) is 0 Å². The van der Waals surface area contributed by atoms with Gasteiger partial charge in [-0.3, -0.25) is 14.1 Å². The van der Waals surface area contributed by atoms with Crippen LogP contribution in [0.4, 0.5) is 0 Å². The van der Waals surface area contributed by atoms with Gasteiger partial charge in [-0.25, -0.2) is 4.79 Å². The van der Waals surface area contributed by atoms with E-state index in [2.05, 4.69) is 4.98 Å². The van der Waals surface area contributed by atoms with Gasteiger partial charge in [-0.1, -0.05) is 18.2 Å². The Labute approximate surface area is 150 Å². The summed E-state index contributed by atoms with van der Waals surface area (Å²) in [5, 5.41) is 0.927. The van der Waals surface area contributed by atoms with Gasteiger partial charge in [0.15, 0.2) is 11.5 Å². The van der Waals surface area contributed by atoms with Gasteiger partial charge in [0.05, 0.1) is 42.2 Å².